The van der Waals surface area contributed by atoms with Crippen LogP contribution in [0, 0.1) is 11.8 Å². The summed E-state index contributed by atoms with van der Waals surface area (Å²) < 4.78 is 31.5. The monoisotopic (exact) mass is 319 g/mol. The van der Waals surface area contributed by atoms with Crippen LogP contribution < -0.4 is 5.43 Å². The molecule has 2 rings (SSSR count). The molecule has 0 aliphatic heterocycles. The molecule has 0 atom stereocenters. The lowest BCUT2D eigenvalue weighted by Crippen LogP contribution is -2.19. The average Bonchev–Trinajstić information content (AvgIpc) is 2.55. The zero-order valence-corrected chi connectivity index (χ0v) is 11.9. The fourth-order valence-electron chi connectivity index (χ4n) is 1.65. The molecule has 0 saturated heterocycles. The molecule has 0 aliphatic carbocycles. The number of hydrogen-bond donors (Lipinski definition) is 1. The zero-order valence-electron chi connectivity index (χ0n) is 11.9. The predicted molar refractivity (Wildman–Crippen MR) is 77.0 cm³/mol. The molecular formula is C15H11F2N3O3. The maximum Gasteiger partial charge on any atom is 0.337 e. The number of hydrazone groups is 1. The maximum atomic E-state index is 13.8. The lowest BCUT2D eigenvalue weighted by molar-refractivity contribution is 0.0600. The van der Waals surface area contributed by atoms with Gasteiger partial charge in [-0.1, -0.05) is 0 Å². The first kappa shape index (κ1) is 16.2. The third kappa shape index (κ3) is 3.94. The highest BCUT2D eigenvalue weighted by atomic mass is 19.1. The zero-order chi connectivity index (χ0) is 16.8. The molecule has 1 aromatic carbocycles. The number of ether oxygens (including phenoxy) is 1. The van der Waals surface area contributed by atoms with E-state index < -0.39 is 23.6 Å². The Kier molecular flexibility index (Phi) is 5.08. The number of halogens is 2. The van der Waals surface area contributed by atoms with Gasteiger partial charge in [-0.25, -0.2) is 19.6 Å². The summed E-state index contributed by atoms with van der Waals surface area (Å²) in [6.07, 6.45) is 2.23. The summed E-state index contributed by atoms with van der Waals surface area (Å²) in [6, 6.07) is 6.25. The second-order valence-corrected chi connectivity index (χ2v) is 4.27. The summed E-state index contributed by atoms with van der Waals surface area (Å²) in [5, 5.41) is 3.54. The summed E-state index contributed by atoms with van der Waals surface area (Å²) in [7, 11) is 1.18. The molecule has 1 amide bonds. The second-order valence-electron chi connectivity index (χ2n) is 4.27. The quantitative estimate of drug-likeness (QED) is 0.404. The van der Waals surface area contributed by atoms with Crippen LogP contribution in [0.4, 0.5) is 8.78 Å². The highest BCUT2D eigenvalue weighted by Gasteiger charge is 2.11. The second kappa shape index (κ2) is 7.21. The van der Waals surface area contributed by atoms with Gasteiger partial charge in [0.15, 0.2) is 0 Å². The van der Waals surface area contributed by atoms with Crippen LogP contribution in [-0.2, 0) is 4.74 Å². The van der Waals surface area contributed by atoms with Gasteiger partial charge in [-0.05, 0) is 30.3 Å². The maximum absolute atomic E-state index is 13.8. The first-order chi connectivity index (χ1) is 11.0. The Bertz CT molecular complexity index is 778. The fraction of sp³-hybridized carbons (Fsp3) is 0.0667. The number of aromatic nitrogens is 1. The van der Waals surface area contributed by atoms with Crippen molar-refractivity contribution in [1.29, 1.82) is 0 Å². The van der Waals surface area contributed by atoms with Crippen molar-refractivity contribution in [2.75, 3.05) is 7.11 Å². The van der Waals surface area contributed by atoms with Crippen LogP contribution in [0.3, 0.4) is 0 Å². The van der Waals surface area contributed by atoms with Crippen molar-refractivity contribution in [2.45, 2.75) is 0 Å². The molecule has 1 N–H and O–H groups in total. The van der Waals surface area contributed by atoms with Crippen LogP contribution >= 0.6 is 0 Å². The van der Waals surface area contributed by atoms with Gasteiger partial charge in [0.1, 0.15) is 5.82 Å². The number of nitrogens with one attached hydrogen (secondary N) is 1. The number of nitrogens with zero attached hydrogens (tertiary/aromatic N) is 2. The number of rotatable bonds is 4. The summed E-state index contributed by atoms with van der Waals surface area (Å²) in [5.74, 6) is -3.15. The normalized spacial score (nSPS) is 10.6. The molecule has 0 fully saturated rings. The van der Waals surface area contributed by atoms with Crippen LogP contribution in [-0.4, -0.2) is 30.2 Å². The minimum absolute atomic E-state index is 0.0320. The first-order valence-electron chi connectivity index (χ1n) is 6.34. The smallest absolute Gasteiger partial charge is 0.337 e. The largest absolute Gasteiger partial charge is 0.465 e. The van der Waals surface area contributed by atoms with Crippen LogP contribution in [0.5, 0.6) is 0 Å². The topological polar surface area (TPSA) is 80.6 Å². The highest BCUT2D eigenvalue weighted by molar-refractivity contribution is 5.95. The van der Waals surface area contributed by atoms with E-state index in [9.17, 15) is 18.4 Å². The molecule has 1 heterocycles. The molecule has 8 heteroatoms. The molecule has 118 valence electrons. The van der Waals surface area contributed by atoms with Crippen LogP contribution in [0.1, 0.15) is 26.3 Å². The number of benzene rings is 1. The lowest BCUT2D eigenvalue weighted by atomic mass is 10.1. The average molecular weight is 319 g/mol. The van der Waals surface area contributed by atoms with E-state index in [2.05, 4.69) is 20.2 Å². The molecule has 0 bridgehead atoms. The van der Waals surface area contributed by atoms with E-state index in [-0.39, 0.29) is 16.7 Å². The highest BCUT2D eigenvalue weighted by Crippen LogP contribution is 2.10. The summed E-state index contributed by atoms with van der Waals surface area (Å²) in [4.78, 5) is 26.2. The van der Waals surface area contributed by atoms with E-state index in [0.29, 0.717) is 0 Å². The van der Waals surface area contributed by atoms with Crippen molar-refractivity contribution in [3.63, 3.8) is 0 Å². The first-order valence-corrected chi connectivity index (χ1v) is 6.34. The molecule has 6 nitrogen and oxygen atoms in total. The van der Waals surface area contributed by atoms with E-state index in [0.717, 1.165) is 12.3 Å². The molecule has 1 aromatic heterocycles. The standard InChI is InChI=1S/C15H11F2N3O3/c1-23-15(22)9-4-5-10(12(16)7-9)8-19-20-14(21)11-3-2-6-18-13(11)17/h2-8H,1H3,(H,20,21)/b19-8+. The SMILES string of the molecule is COC(=O)c1ccc(/C=N/NC(=O)c2cccnc2F)c(F)c1. The van der Waals surface area contributed by atoms with Crippen LogP contribution in [0.2, 0.25) is 0 Å². The number of pyridine rings is 1. The number of amides is 1. The van der Waals surface area contributed by atoms with Gasteiger partial charge < -0.3 is 4.74 Å². The number of esters is 1. The Morgan fingerprint density at radius 1 is 1.30 bits per heavy atom. The third-order valence-corrected chi connectivity index (χ3v) is 2.79. The van der Waals surface area contributed by atoms with E-state index in [1.807, 2.05) is 0 Å². The van der Waals surface area contributed by atoms with Crippen molar-refractivity contribution in [3.8, 4) is 0 Å². The molecule has 0 radical (unpaired) electrons. The van der Waals surface area contributed by atoms with Gasteiger partial charge in [-0.2, -0.15) is 9.49 Å². The molecule has 0 aliphatic rings. The number of carbonyl (C=O) groups excluding carboxylic acids is 2. The van der Waals surface area contributed by atoms with E-state index >= 15 is 0 Å². The van der Waals surface area contributed by atoms with Crippen molar-refractivity contribution in [3.05, 3.63) is 65.0 Å². The fourth-order valence-corrected chi connectivity index (χ4v) is 1.65. The van der Waals surface area contributed by atoms with Gasteiger partial charge in [0.05, 0.1) is 24.5 Å². The van der Waals surface area contributed by atoms with Gasteiger partial charge in [0.2, 0.25) is 5.95 Å². The van der Waals surface area contributed by atoms with E-state index in [1.54, 1.807) is 0 Å². The summed E-state index contributed by atoms with van der Waals surface area (Å²) in [6.45, 7) is 0. The van der Waals surface area contributed by atoms with Gasteiger partial charge in [0, 0.05) is 11.8 Å². The molecule has 0 saturated carbocycles. The Hall–Kier alpha value is -3.16. The Morgan fingerprint density at radius 2 is 2.09 bits per heavy atom. The van der Waals surface area contributed by atoms with Gasteiger partial charge in [0.25, 0.3) is 5.91 Å². The van der Waals surface area contributed by atoms with Crippen molar-refractivity contribution >= 4 is 18.1 Å². The Labute approximate surface area is 129 Å². The van der Waals surface area contributed by atoms with Crippen molar-refractivity contribution in [2.24, 2.45) is 5.10 Å². The molecule has 23 heavy (non-hydrogen) atoms. The van der Waals surface area contributed by atoms with Gasteiger partial charge in [-0.15, -0.1) is 0 Å². The van der Waals surface area contributed by atoms with Crippen LogP contribution in [0.15, 0.2) is 41.6 Å². The predicted octanol–water partition coefficient (Wildman–Crippen LogP) is 1.91. The van der Waals surface area contributed by atoms with Crippen molar-refractivity contribution < 1.29 is 23.1 Å². The molecule has 0 spiro atoms. The molecular weight excluding hydrogens is 308 g/mol. The van der Waals surface area contributed by atoms with Gasteiger partial charge in [-0.3, -0.25) is 4.79 Å². The molecule has 0 unspecified atom stereocenters. The lowest BCUT2D eigenvalue weighted by Gasteiger charge is -2.02. The Morgan fingerprint density at radius 3 is 2.74 bits per heavy atom. The van der Waals surface area contributed by atoms with E-state index in [1.165, 1.54) is 37.6 Å². The van der Waals surface area contributed by atoms with Gasteiger partial charge >= 0.3 is 5.97 Å². The summed E-state index contributed by atoms with van der Waals surface area (Å²) >= 11 is 0. The van der Waals surface area contributed by atoms with Crippen LogP contribution in [0.25, 0.3) is 0 Å². The number of hydrogen-bond acceptors (Lipinski definition) is 5. The minimum atomic E-state index is -0.936. The van der Waals surface area contributed by atoms with Crippen molar-refractivity contribution in [1.82, 2.24) is 10.4 Å². The number of carbonyl (C=O) groups is 2. The molecule has 2 aromatic rings. The third-order valence-electron chi connectivity index (χ3n) is 2.79. The Balaban J connectivity index is 2.08. The summed E-state index contributed by atoms with van der Waals surface area (Å²) in [5.41, 5.74) is 1.85. The minimum Gasteiger partial charge on any atom is -0.465 e. The number of methoxy groups -OCH3 is 1. The van der Waals surface area contributed by atoms with E-state index in [4.69, 9.17) is 0 Å².